The fourth-order valence-corrected chi connectivity index (χ4v) is 2.09. The Kier molecular flexibility index (Phi) is 4.33. The third-order valence-electron chi connectivity index (χ3n) is 2.98. The van der Waals surface area contributed by atoms with E-state index in [1.165, 1.54) is 18.2 Å². The van der Waals surface area contributed by atoms with E-state index in [2.05, 4.69) is 10.5 Å². The molecule has 21 heavy (non-hydrogen) atoms. The Hall–Kier alpha value is -2.27. The van der Waals surface area contributed by atoms with Gasteiger partial charge in [0.1, 0.15) is 11.5 Å². The minimum Gasteiger partial charge on any atom is -0.545 e. The van der Waals surface area contributed by atoms with E-state index in [9.17, 15) is 9.90 Å². The molecule has 0 fully saturated rings. The number of carbonyl (C=O) groups is 1. The van der Waals surface area contributed by atoms with Crippen molar-refractivity contribution in [1.29, 1.82) is 0 Å². The molecule has 2 aromatic rings. The van der Waals surface area contributed by atoms with Crippen LogP contribution in [0.1, 0.15) is 34.4 Å². The number of aryl methyl sites for hydroxylation is 2. The van der Waals surface area contributed by atoms with Crippen LogP contribution in [0.25, 0.3) is 0 Å². The van der Waals surface area contributed by atoms with Crippen LogP contribution < -0.4 is 10.5 Å². The summed E-state index contributed by atoms with van der Waals surface area (Å²) in [7, 11) is 0. The van der Waals surface area contributed by atoms with Crippen molar-refractivity contribution in [1.82, 2.24) is 0 Å². The summed E-state index contributed by atoms with van der Waals surface area (Å²) in [6, 6.07) is 6.12. The zero-order valence-electron chi connectivity index (χ0n) is 11.9. The Morgan fingerprint density at radius 3 is 2.62 bits per heavy atom. The fraction of sp³-hybridized carbons (Fsp3) is 0.200. The van der Waals surface area contributed by atoms with Gasteiger partial charge in [-0.05, 0) is 44.5 Å². The highest BCUT2D eigenvalue weighted by Crippen LogP contribution is 2.23. The largest absolute Gasteiger partial charge is 0.545 e. The Labute approximate surface area is 127 Å². The van der Waals surface area contributed by atoms with Crippen LogP contribution in [0.2, 0.25) is 5.02 Å². The molecule has 0 aliphatic carbocycles. The molecule has 1 aromatic carbocycles. The number of hydrazone groups is 1. The number of carbonyl (C=O) groups excluding carboxylic acids is 1. The van der Waals surface area contributed by atoms with Crippen LogP contribution in [-0.4, -0.2) is 11.7 Å². The first-order chi connectivity index (χ1) is 9.88. The van der Waals surface area contributed by atoms with Crippen molar-refractivity contribution in [2.75, 3.05) is 5.43 Å². The average molecular weight is 306 g/mol. The lowest BCUT2D eigenvalue weighted by atomic mass is 10.2. The number of carboxylic acids is 1. The van der Waals surface area contributed by atoms with Crippen molar-refractivity contribution in [3.8, 4) is 0 Å². The minimum atomic E-state index is -1.27. The Bertz CT molecular complexity index is 720. The van der Waals surface area contributed by atoms with Gasteiger partial charge in [0, 0.05) is 5.56 Å². The van der Waals surface area contributed by atoms with Gasteiger partial charge in [0.15, 0.2) is 0 Å². The molecule has 1 heterocycles. The van der Waals surface area contributed by atoms with Gasteiger partial charge in [0.05, 0.1) is 22.4 Å². The maximum Gasteiger partial charge on any atom is 0.110 e. The van der Waals surface area contributed by atoms with E-state index in [4.69, 9.17) is 16.0 Å². The van der Waals surface area contributed by atoms with Crippen molar-refractivity contribution in [2.24, 2.45) is 5.10 Å². The molecule has 0 saturated heterocycles. The lowest BCUT2D eigenvalue weighted by Gasteiger charge is -2.08. The molecule has 2 rings (SSSR count). The Balaban J connectivity index is 2.26. The molecule has 0 unspecified atom stereocenters. The molecule has 0 aliphatic heterocycles. The van der Waals surface area contributed by atoms with Crippen LogP contribution in [0.15, 0.2) is 33.8 Å². The van der Waals surface area contributed by atoms with Crippen LogP contribution in [-0.2, 0) is 0 Å². The van der Waals surface area contributed by atoms with Crippen molar-refractivity contribution in [3.05, 3.63) is 51.9 Å². The van der Waals surface area contributed by atoms with Gasteiger partial charge in [0.25, 0.3) is 0 Å². The summed E-state index contributed by atoms with van der Waals surface area (Å²) in [5, 5.41) is 15.4. The number of aromatic carboxylic acids is 1. The first-order valence-electron chi connectivity index (χ1n) is 6.27. The van der Waals surface area contributed by atoms with Gasteiger partial charge in [-0.1, -0.05) is 17.7 Å². The number of rotatable bonds is 4. The van der Waals surface area contributed by atoms with Crippen LogP contribution in [0.4, 0.5) is 5.69 Å². The summed E-state index contributed by atoms with van der Waals surface area (Å²) in [5.41, 5.74) is 4.79. The molecule has 5 nitrogen and oxygen atoms in total. The molecule has 6 heteroatoms. The smallest absolute Gasteiger partial charge is 0.110 e. The van der Waals surface area contributed by atoms with Gasteiger partial charge in [-0.25, -0.2) is 0 Å². The summed E-state index contributed by atoms with van der Waals surface area (Å²) < 4.78 is 5.44. The van der Waals surface area contributed by atoms with Crippen LogP contribution in [0.3, 0.4) is 0 Å². The summed E-state index contributed by atoms with van der Waals surface area (Å²) in [6.07, 6.45) is 0. The monoisotopic (exact) mass is 305 g/mol. The zero-order chi connectivity index (χ0) is 15.6. The second-order valence-corrected chi connectivity index (χ2v) is 5.03. The number of nitrogens with zero attached hydrogens (tertiary/aromatic N) is 1. The second-order valence-electron chi connectivity index (χ2n) is 4.62. The molecule has 1 aromatic heterocycles. The number of carboxylic acid groups (broad SMARTS) is 1. The minimum absolute atomic E-state index is 0.0325. The third-order valence-corrected chi connectivity index (χ3v) is 3.31. The standard InChI is InChI=1S/C15H15ClN2O3/c1-8-6-12(10(3)21-8)9(2)17-18-14-7-11(15(19)20)4-5-13(14)16/h4-7,18H,1-3H3,(H,19,20)/p-1/b17-9-. The Morgan fingerprint density at radius 2 is 2.05 bits per heavy atom. The zero-order valence-corrected chi connectivity index (χ0v) is 12.6. The van der Waals surface area contributed by atoms with Crippen LogP contribution in [0.5, 0.6) is 0 Å². The first-order valence-corrected chi connectivity index (χ1v) is 6.65. The van der Waals surface area contributed by atoms with Gasteiger partial charge >= 0.3 is 0 Å². The normalized spacial score (nSPS) is 11.5. The van der Waals surface area contributed by atoms with Crippen LogP contribution >= 0.6 is 11.6 Å². The number of nitrogens with one attached hydrogen (secondary N) is 1. The van der Waals surface area contributed by atoms with Crippen molar-refractivity contribution >= 4 is 29.0 Å². The number of hydrogen-bond donors (Lipinski definition) is 1. The van der Waals surface area contributed by atoms with Gasteiger partial charge in [-0.3, -0.25) is 5.43 Å². The SMILES string of the molecule is C/C(=N/Nc1cc(C(=O)[O-])ccc1Cl)c1cc(C)oc1C. The predicted octanol–water partition coefficient (Wildman–Crippen LogP) is 2.75. The topological polar surface area (TPSA) is 77.7 Å². The van der Waals surface area contributed by atoms with Crippen molar-refractivity contribution in [3.63, 3.8) is 0 Å². The average Bonchev–Trinajstić information content (AvgIpc) is 2.76. The highest BCUT2D eigenvalue weighted by Gasteiger charge is 2.08. The molecule has 0 saturated carbocycles. The fourth-order valence-electron chi connectivity index (χ4n) is 1.93. The molecule has 0 bridgehead atoms. The number of anilines is 1. The molecule has 1 N–H and O–H groups in total. The lowest BCUT2D eigenvalue weighted by molar-refractivity contribution is -0.255. The van der Waals surface area contributed by atoms with E-state index in [0.29, 0.717) is 16.4 Å². The quantitative estimate of drug-likeness (QED) is 0.696. The maximum atomic E-state index is 10.8. The van der Waals surface area contributed by atoms with E-state index in [1.807, 2.05) is 26.8 Å². The number of hydrogen-bond acceptors (Lipinski definition) is 5. The van der Waals surface area contributed by atoms with E-state index in [0.717, 1.165) is 17.1 Å². The second kappa shape index (κ2) is 6.01. The molecule has 0 aliphatic rings. The Morgan fingerprint density at radius 1 is 1.33 bits per heavy atom. The van der Waals surface area contributed by atoms with E-state index < -0.39 is 5.97 Å². The molecule has 0 spiro atoms. The first kappa shape index (κ1) is 15.1. The molecular weight excluding hydrogens is 292 g/mol. The molecule has 0 amide bonds. The van der Waals surface area contributed by atoms with E-state index >= 15 is 0 Å². The lowest BCUT2D eigenvalue weighted by Crippen LogP contribution is -2.22. The summed E-state index contributed by atoms with van der Waals surface area (Å²) in [6.45, 7) is 5.53. The van der Waals surface area contributed by atoms with Gasteiger partial charge < -0.3 is 14.3 Å². The van der Waals surface area contributed by atoms with Gasteiger partial charge in [-0.15, -0.1) is 0 Å². The van der Waals surface area contributed by atoms with Gasteiger partial charge in [-0.2, -0.15) is 5.10 Å². The van der Waals surface area contributed by atoms with E-state index in [1.54, 1.807) is 0 Å². The van der Waals surface area contributed by atoms with E-state index in [-0.39, 0.29) is 5.56 Å². The molecule has 110 valence electrons. The van der Waals surface area contributed by atoms with Crippen LogP contribution in [0, 0.1) is 13.8 Å². The molecule has 0 radical (unpaired) electrons. The number of furan rings is 1. The van der Waals surface area contributed by atoms with Crippen molar-refractivity contribution in [2.45, 2.75) is 20.8 Å². The predicted molar refractivity (Wildman–Crippen MR) is 79.8 cm³/mol. The summed E-state index contributed by atoms with van der Waals surface area (Å²) in [4.78, 5) is 10.8. The number of benzene rings is 1. The highest BCUT2D eigenvalue weighted by molar-refractivity contribution is 6.33. The maximum absolute atomic E-state index is 10.8. The van der Waals surface area contributed by atoms with Crippen molar-refractivity contribution < 1.29 is 14.3 Å². The third kappa shape index (κ3) is 3.44. The molecular formula is C15H14ClN2O3-. The summed E-state index contributed by atoms with van der Waals surface area (Å²) >= 11 is 6.00. The highest BCUT2D eigenvalue weighted by atomic mass is 35.5. The van der Waals surface area contributed by atoms with Gasteiger partial charge in [0.2, 0.25) is 0 Å². The molecule has 0 atom stereocenters. The summed E-state index contributed by atoms with van der Waals surface area (Å²) in [5.74, 6) is 0.302. The number of halogens is 1.